The van der Waals surface area contributed by atoms with Gasteiger partial charge in [-0.05, 0) is 31.2 Å². The first kappa shape index (κ1) is 19.8. The Bertz CT molecular complexity index is 672. The van der Waals surface area contributed by atoms with Gasteiger partial charge in [0.05, 0.1) is 24.7 Å². The number of carbonyl (C=O) groups is 1. The van der Waals surface area contributed by atoms with E-state index in [0.29, 0.717) is 57.4 Å². The molecule has 0 spiro atoms. The number of hydrogen-bond acceptors (Lipinski definition) is 5. The highest BCUT2D eigenvalue weighted by atomic mass is 32.2. The van der Waals surface area contributed by atoms with Crippen molar-refractivity contribution in [2.24, 2.45) is 0 Å². The highest BCUT2D eigenvalue weighted by molar-refractivity contribution is 7.89. The molecule has 1 aromatic rings. The summed E-state index contributed by atoms with van der Waals surface area (Å²) in [5.74, 6) is -0.0264. The van der Waals surface area contributed by atoms with Crippen molar-refractivity contribution in [1.82, 2.24) is 14.5 Å². The van der Waals surface area contributed by atoms with E-state index >= 15 is 0 Å². The van der Waals surface area contributed by atoms with E-state index in [2.05, 4.69) is 5.32 Å². The quantitative estimate of drug-likeness (QED) is 0.728. The molecule has 8 heteroatoms. The molecule has 1 aliphatic rings. The van der Waals surface area contributed by atoms with Gasteiger partial charge in [-0.2, -0.15) is 4.31 Å². The Labute approximate surface area is 150 Å². The van der Waals surface area contributed by atoms with Gasteiger partial charge in [0.2, 0.25) is 15.9 Å². The summed E-state index contributed by atoms with van der Waals surface area (Å²) < 4.78 is 32.2. The van der Waals surface area contributed by atoms with Crippen LogP contribution in [0.2, 0.25) is 0 Å². The van der Waals surface area contributed by atoms with Crippen LogP contribution in [0.5, 0.6) is 0 Å². The monoisotopic (exact) mass is 369 g/mol. The van der Waals surface area contributed by atoms with Crippen molar-refractivity contribution in [3.63, 3.8) is 0 Å². The van der Waals surface area contributed by atoms with Gasteiger partial charge in [0.25, 0.3) is 0 Å². The van der Waals surface area contributed by atoms with Crippen LogP contribution in [0.25, 0.3) is 0 Å². The minimum absolute atomic E-state index is 0.0264. The fraction of sp³-hybridized carbons (Fsp3) is 0.588. The van der Waals surface area contributed by atoms with Crippen molar-refractivity contribution in [2.75, 3.05) is 45.9 Å². The van der Waals surface area contributed by atoms with Gasteiger partial charge in [-0.1, -0.05) is 19.1 Å². The van der Waals surface area contributed by atoms with E-state index in [1.54, 1.807) is 18.2 Å². The number of amides is 1. The third-order valence-corrected chi connectivity index (χ3v) is 6.00. The SMILES string of the molecule is CCNC(=O)CN(CC)Cc1cccc(S(=O)(=O)N2CCOCC2)c1. The summed E-state index contributed by atoms with van der Waals surface area (Å²) >= 11 is 0. The molecule has 1 amide bonds. The maximum atomic E-state index is 12.8. The average molecular weight is 369 g/mol. The number of sulfonamides is 1. The maximum Gasteiger partial charge on any atom is 0.243 e. The normalized spacial score (nSPS) is 16.1. The van der Waals surface area contributed by atoms with Crippen LogP contribution in [-0.4, -0.2) is 69.5 Å². The average Bonchev–Trinajstić information content (AvgIpc) is 2.62. The van der Waals surface area contributed by atoms with Crippen molar-refractivity contribution < 1.29 is 17.9 Å². The Hall–Kier alpha value is -1.48. The van der Waals surface area contributed by atoms with Crippen LogP contribution in [0.4, 0.5) is 0 Å². The third kappa shape index (κ3) is 5.50. The van der Waals surface area contributed by atoms with Crippen molar-refractivity contribution in [2.45, 2.75) is 25.3 Å². The molecule has 1 aromatic carbocycles. The Morgan fingerprint density at radius 2 is 2.00 bits per heavy atom. The van der Waals surface area contributed by atoms with Gasteiger partial charge in [-0.3, -0.25) is 9.69 Å². The maximum absolute atomic E-state index is 12.8. The topological polar surface area (TPSA) is 79.0 Å². The zero-order chi connectivity index (χ0) is 18.3. The van der Waals surface area contributed by atoms with E-state index in [9.17, 15) is 13.2 Å². The molecule has 1 N–H and O–H groups in total. The van der Waals surface area contributed by atoms with Crippen LogP contribution in [0.1, 0.15) is 19.4 Å². The third-order valence-electron chi connectivity index (χ3n) is 4.10. The van der Waals surface area contributed by atoms with E-state index in [4.69, 9.17) is 4.74 Å². The molecule has 0 bridgehead atoms. The molecule has 0 unspecified atom stereocenters. The predicted molar refractivity (Wildman–Crippen MR) is 95.7 cm³/mol. The number of nitrogens with zero attached hydrogens (tertiary/aromatic N) is 2. The number of rotatable bonds is 8. The summed E-state index contributed by atoms with van der Waals surface area (Å²) in [7, 11) is -3.50. The van der Waals surface area contributed by atoms with Gasteiger partial charge in [0, 0.05) is 26.2 Å². The summed E-state index contributed by atoms with van der Waals surface area (Å²) in [6.07, 6.45) is 0. The molecule has 0 aromatic heterocycles. The Morgan fingerprint density at radius 3 is 2.64 bits per heavy atom. The van der Waals surface area contributed by atoms with E-state index in [1.165, 1.54) is 4.31 Å². The van der Waals surface area contributed by atoms with E-state index < -0.39 is 10.0 Å². The lowest BCUT2D eigenvalue weighted by Gasteiger charge is -2.26. The first-order valence-electron chi connectivity index (χ1n) is 8.63. The van der Waals surface area contributed by atoms with Gasteiger partial charge in [0.15, 0.2) is 0 Å². The number of carbonyl (C=O) groups excluding carboxylic acids is 1. The minimum Gasteiger partial charge on any atom is -0.379 e. The molecular weight excluding hydrogens is 342 g/mol. The summed E-state index contributed by atoms with van der Waals surface area (Å²) in [5.41, 5.74) is 0.875. The second kappa shape index (κ2) is 9.28. The molecule has 1 aliphatic heterocycles. The lowest BCUT2D eigenvalue weighted by Crippen LogP contribution is -2.40. The second-order valence-corrected chi connectivity index (χ2v) is 7.86. The number of likely N-dealkylation sites (N-methyl/N-ethyl adjacent to an activating group) is 2. The Balaban J connectivity index is 2.10. The van der Waals surface area contributed by atoms with Crippen LogP contribution < -0.4 is 5.32 Å². The lowest BCUT2D eigenvalue weighted by atomic mass is 10.2. The molecule has 0 aliphatic carbocycles. The largest absolute Gasteiger partial charge is 0.379 e. The highest BCUT2D eigenvalue weighted by Gasteiger charge is 2.26. The molecular formula is C17H27N3O4S. The van der Waals surface area contributed by atoms with Gasteiger partial charge < -0.3 is 10.1 Å². The molecule has 0 atom stereocenters. The standard InChI is InChI=1S/C17H27N3O4S/c1-3-18-17(21)14-19(4-2)13-15-6-5-7-16(12-15)25(22,23)20-8-10-24-11-9-20/h5-7,12H,3-4,8-11,13-14H2,1-2H3,(H,18,21). The first-order valence-corrected chi connectivity index (χ1v) is 10.1. The van der Waals surface area contributed by atoms with Gasteiger partial charge in [-0.25, -0.2) is 8.42 Å². The molecule has 1 saturated heterocycles. The molecule has 25 heavy (non-hydrogen) atoms. The van der Waals surface area contributed by atoms with Crippen molar-refractivity contribution in [3.05, 3.63) is 29.8 Å². The van der Waals surface area contributed by atoms with Gasteiger partial charge in [0.1, 0.15) is 0 Å². The van der Waals surface area contributed by atoms with E-state index in [0.717, 1.165) is 5.56 Å². The van der Waals surface area contributed by atoms with Crippen LogP contribution in [0, 0.1) is 0 Å². The van der Waals surface area contributed by atoms with Crippen LogP contribution >= 0.6 is 0 Å². The molecule has 0 radical (unpaired) electrons. The lowest BCUT2D eigenvalue weighted by molar-refractivity contribution is -0.122. The Kier molecular flexibility index (Phi) is 7.37. The fourth-order valence-corrected chi connectivity index (χ4v) is 4.21. The molecule has 1 heterocycles. The zero-order valence-electron chi connectivity index (χ0n) is 14.9. The molecule has 1 fully saturated rings. The van der Waals surface area contributed by atoms with Crippen LogP contribution in [0.3, 0.4) is 0 Å². The number of benzene rings is 1. The zero-order valence-corrected chi connectivity index (χ0v) is 15.7. The smallest absolute Gasteiger partial charge is 0.243 e. The van der Waals surface area contributed by atoms with Gasteiger partial charge >= 0.3 is 0 Å². The number of ether oxygens (including phenoxy) is 1. The number of hydrogen-bond donors (Lipinski definition) is 1. The summed E-state index contributed by atoms with van der Waals surface area (Å²) in [6, 6.07) is 6.96. The fourth-order valence-electron chi connectivity index (χ4n) is 2.73. The Morgan fingerprint density at radius 1 is 1.28 bits per heavy atom. The summed E-state index contributed by atoms with van der Waals surface area (Å²) in [5, 5.41) is 2.78. The van der Waals surface area contributed by atoms with Crippen molar-refractivity contribution in [3.8, 4) is 0 Å². The summed E-state index contributed by atoms with van der Waals surface area (Å²) in [4.78, 5) is 14.0. The van der Waals surface area contributed by atoms with Crippen molar-refractivity contribution >= 4 is 15.9 Å². The number of morpholine rings is 1. The van der Waals surface area contributed by atoms with Crippen LogP contribution in [0.15, 0.2) is 29.2 Å². The molecule has 2 rings (SSSR count). The molecule has 0 saturated carbocycles. The number of nitrogens with one attached hydrogen (secondary N) is 1. The first-order chi connectivity index (χ1) is 12.0. The molecule has 140 valence electrons. The summed E-state index contributed by atoms with van der Waals surface area (Å²) in [6.45, 7) is 7.60. The highest BCUT2D eigenvalue weighted by Crippen LogP contribution is 2.19. The van der Waals surface area contributed by atoms with Crippen molar-refractivity contribution in [1.29, 1.82) is 0 Å². The van der Waals surface area contributed by atoms with E-state index in [1.807, 2.05) is 24.8 Å². The van der Waals surface area contributed by atoms with Gasteiger partial charge in [-0.15, -0.1) is 0 Å². The second-order valence-electron chi connectivity index (χ2n) is 5.92. The van der Waals surface area contributed by atoms with Crippen LogP contribution in [-0.2, 0) is 26.1 Å². The van der Waals surface area contributed by atoms with E-state index in [-0.39, 0.29) is 5.91 Å². The minimum atomic E-state index is -3.50. The predicted octanol–water partition coefficient (Wildman–Crippen LogP) is 0.666. The molecule has 7 nitrogen and oxygen atoms in total.